The van der Waals surface area contributed by atoms with Crippen LogP contribution in [0.5, 0.6) is 11.5 Å². The van der Waals surface area contributed by atoms with Gasteiger partial charge in [0.1, 0.15) is 5.69 Å². The lowest BCUT2D eigenvalue weighted by Gasteiger charge is -2.01. The number of nitro groups is 1. The molecule has 0 atom stereocenters. The maximum atomic E-state index is 11.7. The lowest BCUT2D eigenvalue weighted by Crippen LogP contribution is -2.19. The number of carbonyl (C=O) groups excluding carboxylic acids is 1. The monoisotopic (exact) mass is 315 g/mol. The molecule has 2 aromatic rings. The zero-order valence-electron chi connectivity index (χ0n) is 11.5. The van der Waals surface area contributed by atoms with Gasteiger partial charge in [-0.25, -0.2) is 10.4 Å². The molecule has 1 aromatic heterocycles. The van der Waals surface area contributed by atoms with Gasteiger partial charge in [-0.2, -0.15) is 5.10 Å². The van der Waals surface area contributed by atoms with Crippen LogP contribution in [-0.2, 0) is 0 Å². The fraction of sp³-hybridized carbons (Fsp3) is 0.0769. The molecule has 1 aliphatic heterocycles. The third kappa shape index (κ3) is 3.05. The summed E-state index contributed by atoms with van der Waals surface area (Å²) in [6, 6.07) is 2.66. The number of nitro benzene ring substituents is 1. The maximum Gasteiger partial charge on any atom is 0.291 e. The Morgan fingerprint density at radius 3 is 2.83 bits per heavy atom. The molecule has 3 rings (SSSR count). The smallest absolute Gasteiger partial charge is 0.291 e. The SMILES string of the molecule is O=C(N/N=C/c1cc2c(cc1[N+](=O)[O-])OCO2)c1cnccn1. The Morgan fingerprint density at radius 2 is 2.13 bits per heavy atom. The van der Waals surface area contributed by atoms with Crippen LogP contribution < -0.4 is 14.9 Å². The number of nitrogens with one attached hydrogen (secondary N) is 1. The third-order valence-electron chi connectivity index (χ3n) is 2.88. The largest absolute Gasteiger partial charge is 0.454 e. The van der Waals surface area contributed by atoms with Gasteiger partial charge in [-0.05, 0) is 6.07 Å². The Morgan fingerprint density at radius 1 is 1.35 bits per heavy atom. The number of ether oxygens (including phenoxy) is 2. The molecule has 10 heteroatoms. The molecular weight excluding hydrogens is 306 g/mol. The first-order chi connectivity index (χ1) is 11.1. The first-order valence-corrected chi connectivity index (χ1v) is 6.32. The fourth-order valence-electron chi connectivity index (χ4n) is 1.84. The topological polar surface area (TPSA) is 129 Å². The highest BCUT2D eigenvalue weighted by Crippen LogP contribution is 2.37. The quantitative estimate of drug-likeness (QED) is 0.503. The Labute approximate surface area is 128 Å². The number of aromatic nitrogens is 2. The van der Waals surface area contributed by atoms with Crippen LogP contribution in [0.4, 0.5) is 5.69 Å². The number of hydrogen-bond donors (Lipinski definition) is 1. The summed E-state index contributed by atoms with van der Waals surface area (Å²) in [6.45, 7) is -0.00348. The van der Waals surface area contributed by atoms with Gasteiger partial charge in [-0.1, -0.05) is 0 Å². The van der Waals surface area contributed by atoms with Crippen molar-refractivity contribution in [3.63, 3.8) is 0 Å². The molecule has 116 valence electrons. The van der Waals surface area contributed by atoms with E-state index in [0.29, 0.717) is 5.75 Å². The van der Waals surface area contributed by atoms with Gasteiger partial charge >= 0.3 is 0 Å². The zero-order valence-corrected chi connectivity index (χ0v) is 11.5. The number of benzene rings is 1. The van der Waals surface area contributed by atoms with E-state index in [2.05, 4.69) is 20.5 Å². The molecule has 10 nitrogen and oxygen atoms in total. The van der Waals surface area contributed by atoms with Crippen molar-refractivity contribution in [3.8, 4) is 11.5 Å². The average Bonchev–Trinajstić information content (AvgIpc) is 3.02. The van der Waals surface area contributed by atoms with Gasteiger partial charge in [0.15, 0.2) is 11.5 Å². The van der Waals surface area contributed by atoms with Crippen molar-refractivity contribution in [2.45, 2.75) is 0 Å². The van der Waals surface area contributed by atoms with Crippen molar-refractivity contribution in [3.05, 3.63) is 52.1 Å². The Kier molecular flexibility index (Phi) is 3.78. The van der Waals surface area contributed by atoms with Crippen molar-refractivity contribution in [1.29, 1.82) is 0 Å². The molecule has 1 N–H and O–H groups in total. The van der Waals surface area contributed by atoms with Crippen LogP contribution in [-0.4, -0.2) is 33.8 Å². The van der Waals surface area contributed by atoms with E-state index >= 15 is 0 Å². The van der Waals surface area contributed by atoms with Gasteiger partial charge in [-0.15, -0.1) is 0 Å². The summed E-state index contributed by atoms with van der Waals surface area (Å²) in [4.78, 5) is 29.8. The van der Waals surface area contributed by atoms with Gasteiger partial charge in [0.05, 0.1) is 29.0 Å². The van der Waals surface area contributed by atoms with Crippen LogP contribution in [0.2, 0.25) is 0 Å². The Hall–Kier alpha value is -3.56. The number of nitrogens with zero attached hydrogens (tertiary/aromatic N) is 4. The molecule has 1 amide bonds. The normalized spacial score (nSPS) is 12.3. The lowest BCUT2D eigenvalue weighted by molar-refractivity contribution is -0.385. The molecule has 0 fully saturated rings. The second-order valence-corrected chi connectivity index (χ2v) is 4.31. The zero-order chi connectivity index (χ0) is 16.2. The van der Waals surface area contributed by atoms with Crippen LogP contribution in [0.1, 0.15) is 16.1 Å². The molecular formula is C13H9N5O5. The standard InChI is InChI=1S/C13H9N5O5/c19-13(9-6-14-1-2-15-9)17-16-5-8-3-11-12(23-7-22-11)4-10(8)18(20)21/h1-6H,7H2,(H,17,19)/b16-5+. The van der Waals surface area contributed by atoms with E-state index in [1.807, 2.05) is 0 Å². The minimum Gasteiger partial charge on any atom is -0.454 e. The van der Waals surface area contributed by atoms with Gasteiger partial charge in [0, 0.05) is 12.4 Å². The van der Waals surface area contributed by atoms with E-state index in [1.165, 1.54) is 30.7 Å². The van der Waals surface area contributed by atoms with E-state index in [-0.39, 0.29) is 29.5 Å². The van der Waals surface area contributed by atoms with E-state index in [4.69, 9.17) is 9.47 Å². The van der Waals surface area contributed by atoms with E-state index < -0.39 is 10.8 Å². The number of hydrogen-bond acceptors (Lipinski definition) is 8. The van der Waals surface area contributed by atoms with Gasteiger partial charge in [0.2, 0.25) is 6.79 Å². The molecule has 2 heterocycles. The van der Waals surface area contributed by atoms with E-state index in [9.17, 15) is 14.9 Å². The Bertz CT molecular complexity index is 793. The predicted octanol–water partition coefficient (Wildman–Crippen LogP) is 0.877. The van der Waals surface area contributed by atoms with Crippen molar-refractivity contribution in [2.75, 3.05) is 6.79 Å². The minimum atomic E-state index is -0.585. The number of carbonyl (C=O) groups is 1. The molecule has 0 radical (unpaired) electrons. The first-order valence-electron chi connectivity index (χ1n) is 6.32. The third-order valence-corrected chi connectivity index (χ3v) is 2.88. The molecule has 23 heavy (non-hydrogen) atoms. The van der Waals surface area contributed by atoms with Crippen molar-refractivity contribution in [2.24, 2.45) is 5.10 Å². The highest BCUT2D eigenvalue weighted by atomic mass is 16.7. The van der Waals surface area contributed by atoms with Gasteiger partial charge < -0.3 is 9.47 Å². The molecule has 0 bridgehead atoms. The number of amides is 1. The molecule has 0 saturated heterocycles. The van der Waals surface area contributed by atoms with Crippen LogP contribution in [0.15, 0.2) is 35.8 Å². The van der Waals surface area contributed by atoms with Crippen molar-refractivity contribution >= 4 is 17.8 Å². The van der Waals surface area contributed by atoms with Gasteiger partial charge in [-0.3, -0.25) is 19.9 Å². The van der Waals surface area contributed by atoms with Crippen LogP contribution in [0.25, 0.3) is 0 Å². The summed E-state index contributed by atoms with van der Waals surface area (Å²) < 4.78 is 10.2. The fourth-order valence-corrected chi connectivity index (χ4v) is 1.84. The summed E-state index contributed by atoms with van der Waals surface area (Å²) in [5, 5.41) is 14.8. The summed E-state index contributed by atoms with van der Waals surface area (Å²) in [7, 11) is 0. The summed E-state index contributed by atoms with van der Waals surface area (Å²) in [5.41, 5.74) is 2.24. The summed E-state index contributed by atoms with van der Waals surface area (Å²) >= 11 is 0. The minimum absolute atomic E-state index is 0.00348. The molecule has 0 saturated carbocycles. The maximum absolute atomic E-state index is 11.7. The number of rotatable bonds is 4. The molecule has 1 aromatic carbocycles. The lowest BCUT2D eigenvalue weighted by atomic mass is 10.1. The second kappa shape index (κ2) is 6.05. The molecule has 1 aliphatic rings. The summed E-state index contributed by atoms with van der Waals surface area (Å²) in [6.07, 6.45) is 5.21. The second-order valence-electron chi connectivity index (χ2n) is 4.31. The summed E-state index contributed by atoms with van der Waals surface area (Å²) in [5.74, 6) is 0.0764. The highest BCUT2D eigenvalue weighted by molar-refractivity contribution is 5.93. The average molecular weight is 315 g/mol. The van der Waals surface area contributed by atoms with Crippen LogP contribution in [0, 0.1) is 10.1 Å². The van der Waals surface area contributed by atoms with Crippen molar-refractivity contribution in [1.82, 2.24) is 15.4 Å². The van der Waals surface area contributed by atoms with Crippen molar-refractivity contribution < 1.29 is 19.2 Å². The molecule has 0 unspecified atom stereocenters. The van der Waals surface area contributed by atoms with E-state index in [1.54, 1.807) is 0 Å². The number of fused-ring (bicyclic) bond motifs is 1. The Balaban J connectivity index is 1.79. The van der Waals surface area contributed by atoms with Gasteiger partial charge in [0.25, 0.3) is 11.6 Å². The van der Waals surface area contributed by atoms with Crippen LogP contribution >= 0.6 is 0 Å². The first kappa shape index (κ1) is 14.4. The van der Waals surface area contributed by atoms with E-state index in [0.717, 1.165) is 6.21 Å². The molecule has 0 spiro atoms. The highest BCUT2D eigenvalue weighted by Gasteiger charge is 2.22. The van der Waals surface area contributed by atoms with Crippen LogP contribution in [0.3, 0.4) is 0 Å². The predicted molar refractivity (Wildman–Crippen MR) is 76.3 cm³/mol. The number of hydrazone groups is 1. The molecule has 0 aliphatic carbocycles.